The Kier molecular flexibility index (Phi) is 5.24. The molecule has 4 saturated carbocycles. The second-order valence-corrected chi connectivity index (χ2v) is 11.5. The minimum Gasteiger partial charge on any atom is -0.390 e. The number of hydrogen-bond donors (Lipinski definition) is 1. The number of nitriles is 1. The number of fused-ring (bicyclic) bond motifs is 5. The first-order chi connectivity index (χ1) is 14.8. The second kappa shape index (κ2) is 7.69. The Hall–Kier alpha value is -1.74. The van der Waals surface area contributed by atoms with Crippen molar-refractivity contribution in [3.63, 3.8) is 0 Å². The van der Waals surface area contributed by atoms with Crippen LogP contribution in [0.15, 0.2) is 6.20 Å². The number of aromatic nitrogens is 3. The van der Waals surface area contributed by atoms with Crippen molar-refractivity contribution in [2.75, 3.05) is 0 Å². The molecule has 4 fully saturated rings. The van der Waals surface area contributed by atoms with Crippen molar-refractivity contribution in [1.29, 1.82) is 5.26 Å². The van der Waals surface area contributed by atoms with E-state index in [9.17, 15) is 9.90 Å². The maximum absolute atomic E-state index is 13.3. The zero-order valence-corrected chi connectivity index (χ0v) is 19.0. The highest BCUT2D eigenvalue weighted by Gasteiger charge is 2.58. The summed E-state index contributed by atoms with van der Waals surface area (Å²) in [5.41, 5.74) is 0.276. The van der Waals surface area contributed by atoms with E-state index < -0.39 is 5.60 Å². The van der Waals surface area contributed by atoms with E-state index in [1.807, 2.05) is 6.92 Å². The monoisotopic (exact) mass is 424 g/mol. The molecule has 1 heterocycles. The van der Waals surface area contributed by atoms with Crippen LogP contribution in [-0.2, 0) is 17.8 Å². The topological polar surface area (TPSA) is 91.8 Å². The molecule has 4 aliphatic rings. The highest BCUT2D eigenvalue weighted by atomic mass is 16.3. The normalized spacial score (nSPS) is 44.1. The number of Topliss-reactive ketones (excluding diaryl/α,β-unsaturated/α-hetero) is 1. The number of hydrogen-bond acceptors (Lipinski definition) is 5. The molecule has 6 heteroatoms. The van der Waals surface area contributed by atoms with Crippen LogP contribution in [0.1, 0.15) is 77.3 Å². The Morgan fingerprint density at radius 3 is 2.77 bits per heavy atom. The lowest BCUT2D eigenvalue weighted by molar-refractivity contribution is -0.133. The van der Waals surface area contributed by atoms with Gasteiger partial charge in [-0.3, -0.25) is 4.79 Å². The maximum Gasteiger partial charge on any atom is 0.159 e. The van der Waals surface area contributed by atoms with E-state index in [1.165, 1.54) is 36.9 Å². The van der Waals surface area contributed by atoms with Crippen LogP contribution < -0.4 is 0 Å². The lowest BCUT2D eigenvalue weighted by atomic mass is 9.49. The summed E-state index contributed by atoms with van der Waals surface area (Å²) in [4.78, 5) is 14.8. The molecular formula is C25H36N4O2. The third kappa shape index (κ3) is 3.63. The SMILES string of the molecule is C[C@@]1(O)CC[C@H]2[C@H](CC[C@@H]3[C@@H]2CC[C@]2(C)[C@@H](C(=O)Cn4ncc(CC#N)n4)CC[C@@H]32)C1. The van der Waals surface area contributed by atoms with Gasteiger partial charge >= 0.3 is 0 Å². The van der Waals surface area contributed by atoms with E-state index in [2.05, 4.69) is 23.2 Å². The molecule has 1 N–H and O–H groups in total. The van der Waals surface area contributed by atoms with Crippen molar-refractivity contribution in [1.82, 2.24) is 15.0 Å². The molecule has 5 rings (SSSR count). The van der Waals surface area contributed by atoms with Gasteiger partial charge in [0.25, 0.3) is 0 Å². The molecule has 0 spiro atoms. The minimum atomic E-state index is -0.463. The first kappa shape index (κ1) is 21.1. The summed E-state index contributed by atoms with van der Waals surface area (Å²) in [7, 11) is 0. The smallest absolute Gasteiger partial charge is 0.159 e. The van der Waals surface area contributed by atoms with Crippen LogP contribution in [0.3, 0.4) is 0 Å². The Morgan fingerprint density at radius 2 is 1.97 bits per heavy atom. The van der Waals surface area contributed by atoms with Gasteiger partial charge in [-0.05, 0) is 99.7 Å². The Labute approximate surface area is 185 Å². The molecule has 6 nitrogen and oxygen atoms in total. The number of ketones is 1. The highest BCUT2D eigenvalue weighted by Crippen LogP contribution is 2.64. The van der Waals surface area contributed by atoms with Gasteiger partial charge in [0.05, 0.1) is 30.0 Å². The van der Waals surface area contributed by atoms with Crippen LogP contribution in [0, 0.1) is 52.3 Å². The van der Waals surface area contributed by atoms with Crippen molar-refractivity contribution in [3.8, 4) is 6.07 Å². The van der Waals surface area contributed by atoms with Crippen LogP contribution in [0.5, 0.6) is 0 Å². The number of nitrogens with zero attached hydrogens (tertiary/aromatic N) is 4. The van der Waals surface area contributed by atoms with Gasteiger partial charge in [0.15, 0.2) is 5.78 Å². The van der Waals surface area contributed by atoms with Crippen molar-refractivity contribution >= 4 is 5.78 Å². The average molecular weight is 425 g/mol. The second-order valence-electron chi connectivity index (χ2n) is 11.5. The van der Waals surface area contributed by atoms with E-state index in [0.717, 1.165) is 43.4 Å². The molecule has 0 unspecified atom stereocenters. The van der Waals surface area contributed by atoms with Crippen molar-refractivity contribution < 1.29 is 9.90 Å². The van der Waals surface area contributed by atoms with Gasteiger partial charge in [-0.25, -0.2) is 0 Å². The standard InChI is InChI=1S/C25H36N4O2/c1-24(31)10-7-18-16(13-24)3-4-20-19(18)8-11-25(2)21(20)5-6-22(25)23(30)15-29-27-14-17(28-29)9-12-26/h14,16,18-22,31H,3-11,13,15H2,1-2H3/t16-,18+,19-,20-,21+,22-,24-,25+/m1/s1. The van der Waals surface area contributed by atoms with Gasteiger partial charge in [0, 0.05) is 5.92 Å². The zero-order valence-electron chi connectivity index (χ0n) is 19.0. The molecule has 8 atom stereocenters. The molecule has 0 radical (unpaired) electrons. The van der Waals surface area contributed by atoms with Gasteiger partial charge < -0.3 is 5.11 Å². The first-order valence-electron chi connectivity index (χ1n) is 12.3. The van der Waals surface area contributed by atoms with Crippen LogP contribution in [0.4, 0.5) is 0 Å². The Bertz CT molecular complexity index is 886. The van der Waals surface area contributed by atoms with Crippen molar-refractivity contribution in [3.05, 3.63) is 11.9 Å². The maximum atomic E-state index is 13.3. The highest BCUT2D eigenvalue weighted by molar-refractivity contribution is 5.82. The summed E-state index contributed by atoms with van der Waals surface area (Å²) in [5.74, 6) is 4.06. The van der Waals surface area contributed by atoms with Crippen LogP contribution in [0.2, 0.25) is 0 Å². The van der Waals surface area contributed by atoms with E-state index >= 15 is 0 Å². The molecule has 0 aliphatic heterocycles. The predicted octanol–water partition coefficient (Wildman–Crippen LogP) is 3.93. The molecule has 0 saturated heterocycles. The number of carbonyl (C=O) groups is 1. The summed E-state index contributed by atoms with van der Waals surface area (Å²) in [6.07, 6.45) is 12.1. The fourth-order valence-electron chi connectivity index (χ4n) is 8.43. The molecule has 0 amide bonds. The van der Waals surface area contributed by atoms with Gasteiger partial charge in [-0.15, -0.1) is 0 Å². The largest absolute Gasteiger partial charge is 0.390 e. The molecule has 1 aromatic rings. The first-order valence-corrected chi connectivity index (χ1v) is 12.3. The van der Waals surface area contributed by atoms with Gasteiger partial charge in [-0.1, -0.05) is 6.92 Å². The van der Waals surface area contributed by atoms with Gasteiger partial charge in [0.2, 0.25) is 0 Å². The van der Waals surface area contributed by atoms with Crippen LogP contribution in [-0.4, -0.2) is 31.5 Å². The molecule has 4 aliphatic carbocycles. The summed E-state index contributed by atoms with van der Waals surface area (Å²) < 4.78 is 0. The van der Waals surface area contributed by atoms with E-state index in [1.54, 1.807) is 6.20 Å². The molecule has 0 bridgehead atoms. The Balaban J connectivity index is 1.28. The van der Waals surface area contributed by atoms with Gasteiger partial charge in [0.1, 0.15) is 6.54 Å². The molecule has 168 valence electrons. The summed E-state index contributed by atoms with van der Waals surface area (Å²) in [5, 5.41) is 27.9. The summed E-state index contributed by atoms with van der Waals surface area (Å²) in [6, 6.07) is 2.08. The minimum absolute atomic E-state index is 0.105. The fraction of sp³-hybridized carbons (Fsp3) is 0.840. The average Bonchev–Trinajstić information content (AvgIpc) is 3.30. The number of rotatable bonds is 4. The molecule has 0 aromatic carbocycles. The molecular weight excluding hydrogens is 388 g/mol. The lowest BCUT2D eigenvalue weighted by Gasteiger charge is -2.56. The lowest BCUT2D eigenvalue weighted by Crippen LogP contribution is -2.51. The van der Waals surface area contributed by atoms with Crippen molar-refractivity contribution in [2.24, 2.45) is 40.9 Å². The third-order valence-corrected chi connectivity index (χ3v) is 9.77. The predicted molar refractivity (Wildman–Crippen MR) is 116 cm³/mol. The molecule has 31 heavy (non-hydrogen) atoms. The Morgan fingerprint density at radius 1 is 1.16 bits per heavy atom. The summed E-state index contributed by atoms with van der Waals surface area (Å²) >= 11 is 0. The van der Waals surface area contributed by atoms with Crippen LogP contribution in [0.25, 0.3) is 0 Å². The third-order valence-electron chi connectivity index (χ3n) is 9.77. The zero-order chi connectivity index (χ0) is 21.8. The van der Waals surface area contributed by atoms with Crippen LogP contribution >= 0.6 is 0 Å². The molecule has 1 aromatic heterocycles. The van der Waals surface area contributed by atoms with Crippen molar-refractivity contribution in [2.45, 2.75) is 90.2 Å². The summed E-state index contributed by atoms with van der Waals surface area (Å²) in [6.45, 7) is 4.64. The van der Waals surface area contributed by atoms with E-state index in [0.29, 0.717) is 17.5 Å². The van der Waals surface area contributed by atoms with E-state index in [4.69, 9.17) is 5.26 Å². The quantitative estimate of drug-likeness (QED) is 0.790. The van der Waals surface area contributed by atoms with Gasteiger partial charge in [-0.2, -0.15) is 20.3 Å². The number of carbonyl (C=O) groups excluding carboxylic acids is 1. The number of aliphatic hydroxyl groups is 1. The fourth-order valence-corrected chi connectivity index (χ4v) is 8.43. The van der Waals surface area contributed by atoms with E-state index in [-0.39, 0.29) is 30.1 Å².